The number of carbonyl (C=O) groups is 1. The van der Waals surface area contributed by atoms with Crippen LogP contribution in [0.2, 0.25) is 0 Å². The minimum atomic E-state index is -0.655. The molecule has 3 atom stereocenters. The van der Waals surface area contributed by atoms with Crippen LogP contribution < -0.4 is 9.64 Å². The summed E-state index contributed by atoms with van der Waals surface area (Å²) < 4.78 is 22.5. The van der Waals surface area contributed by atoms with Gasteiger partial charge in [-0.15, -0.1) is 6.58 Å². The zero-order chi connectivity index (χ0) is 17.3. The molecule has 0 bridgehead atoms. The van der Waals surface area contributed by atoms with Gasteiger partial charge in [0.1, 0.15) is 17.9 Å². The molecule has 0 unspecified atom stereocenters. The summed E-state index contributed by atoms with van der Waals surface area (Å²) >= 11 is 0. The summed E-state index contributed by atoms with van der Waals surface area (Å²) in [5.74, 6) is 0.00218. The summed E-state index contributed by atoms with van der Waals surface area (Å²) in [6.45, 7) is 8.11. The number of benzene rings is 1. The number of ether oxygens (including phenoxy) is 4. The second-order valence-corrected chi connectivity index (χ2v) is 6.31. The molecule has 3 rings (SSSR count). The fourth-order valence-electron chi connectivity index (χ4n) is 3.11. The maximum atomic E-state index is 12.6. The number of carbonyl (C=O) groups excluding carboxylic acids is 1. The molecule has 0 saturated carbocycles. The van der Waals surface area contributed by atoms with Gasteiger partial charge >= 0.3 is 0 Å². The standard InChI is InChI=1S/C18H23NO5/c1-5-10-22-16-15(14-11-23-18(2,3)24-14)19(17(16)20)12-6-8-13(21-4)9-7-12/h5-9,14-16H,1,10-11H2,2-4H3/t14-,15+,16-/m1/s1. The van der Waals surface area contributed by atoms with Gasteiger partial charge in [0.2, 0.25) is 0 Å². The number of hydrogen-bond acceptors (Lipinski definition) is 5. The lowest BCUT2D eigenvalue weighted by Crippen LogP contribution is -2.71. The molecule has 0 spiro atoms. The molecule has 2 aliphatic heterocycles. The average Bonchev–Trinajstić information content (AvgIpc) is 2.92. The largest absolute Gasteiger partial charge is 0.497 e. The molecule has 1 aromatic rings. The van der Waals surface area contributed by atoms with E-state index >= 15 is 0 Å². The molecule has 0 N–H and O–H groups in total. The second-order valence-electron chi connectivity index (χ2n) is 6.31. The topological polar surface area (TPSA) is 57.2 Å². The summed E-state index contributed by atoms with van der Waals surface area (Å²) in [5, 5.41) is 0. The monoisotopic (exact) mass is 333 g/mol. The molecule has 2 aliphatic rings. The van der Waals surface area contributed by atoms with Gasteiger partial charge in [0.25, 0.3) is 5.91 Å². The van der Waals surface area contributed by atoms with Gasteiger partial charge in [-0.25, -0.2) is 0 Å². The van der Waals surface area contributed by atoms with Gasteiger partial charge in [-0.05, 0) is 38.1 Å². The van der Waals surface area contributed by atoms with E-state index in [4.69, 9.17) is 18.9 Å². The minimum absolute atomic E-state index is 0.0830. The summed E-state index contributed by atoms with van der Waals surface area (Å²) in [4.78, 5) is 14.3. The van der Waals surface area contributed by atoms with Crippen molar-refractivity contribution in [2.75, 3.05) is 25.2 Å². The van der Waals surface area contributed by atoms with E-state index in [0.717, 1.165) is 11.4 Å². The molecule has 0 aromatic heterocycles. The van der Waals surface area contributed by atoms with Gasteiger partial charge in [0.15, 0.2) is 11.9 Å². The van der Waals surface area contributed by atoms with E-state index in [9.17, 15) is 4.79 Å². The summed E-state index contributed by atoms with van der Waals surface area (Å²) in [5.41, 5.74) is 0.789. The Balaban J connectivity index is 1.83. The van der Waals surface area contributed by atoms with Crippen LogP contribution >= 0.6 is 0 Å². The maximum Gasteiger partial charge on any atom is 0.258 e. The van der Waals surface area contributed by atoms with Crippen LogP contribution in [0.25, 0.3) is 0 Å². The Morgan fingerprint density at radius 2 is 2.08 bits per heavy atom. The molecule has 2 heterocycles. The Bertz CT molecular complexity index is 612. The first-order valence-electron chi connectivity index (χ1n) is 7.98. The van der Waals surface area contributed by atoms with Crippen molar-refractivity contribution >= 4 is 11.6 Å². The van der Waals surface area contributed by atoms with Gasteiger partial charge in [-0.3, -0.25) is 4.79 Å². The fraction of sp³-hybridized carbons (Fsp3) is 0.500. The fourth-order valence-corrected chi connectivity index (χ4v) is 3.11. The first kappa shape index (κ1) is 17.0. The van der Waals surface area contributed by atoms with E-state index in [2.05, 4.69) is 6.58 Å². The Morgan fingerprint density at radius 3 is 2.62 bits per heavy atom. The Hall–Kier alpha value is -1.89. The Labute approximate surface area is 141 Å². The number of amides is 1. The van der Waals surface area contributed by atoms with Gasteiger partial charge in [-0.1, -0.05) is 6.08 Å². The molecular formula is C18H23NO5. The van der Waals surface area contributed by atoms with Crippen molar-refractivity contribution in [3.05, 3.63) is 36.9 Å². The lowest BCUT2D eigenvalue weighted by Gasteiger charge is -2.48. The van der Waals surface area contributed by atoms with Crippen LogP contribution in [0.5, 0.6) is 5.75 Å². The van der Waals surface area contributed by atoms with Crippen LogP contribution in [0.4, 0.5) is 5.69 Å². The molecule has 0 radical (unpaired) electrons. The van der Waals surface area contributed by atoms with Gasteiger partial charge < -0.3 is 23.8 Å². The first-order chi connectivity index (χ1) is 11.5. The number of hydrogen-bond donors (Lipinski definition) is 0. The van der Waals surface area contributed by atoms with E-state index < -0.39 is 11.9 Å². The molecule has 1 amide bonds. The molecule has 24 heavy (non-hydrogen) atoms. The lowest BCUT2D eigenvalue weighted by molar-refractivity contribution is -0.161. The second kappa shape index (κ2) is 6.55. The van der Waals surface area contributed by atoms with Crippen molar-refractivity contribution in [2.45, 2.75) is 37.9 Å². The van der Waals surface area contributed by atoms with E-state index in [1.807, 2.05) is 38.1 Å². The number of anilines is 1. The van der Waals surface area contributed by atoms with Crippen molar-refractivity contribution in [1.82, 2.24) is 0 Å². The highest BCUT2D eigenvalue weighted by atomic mass is 16.7. The van der Waals surface area contributed by atoms with E-state index in [-0.39, 0.29) is 18.1 Å². The predicted octanol–water partition coefficient (Wildman–Crippen LogP) is 2.13. The Morgan fingerprint density at radius 1 is 1.38 bits per heavy atom. The van der Waals surface area contributed by atoms with Crippen molar-refractivity contribution in [3.63, 3.8) is 0 Å². The first-order valence-corrected chi connectivity index (χ1v) is 7.98. The molecule has 6 nitrogen and oxygen atoms in total. The van der Waals surface area contributed by atoms with Gasteiger partial charge in [-0.2, -0.15) is 0 Å². The molecule has 2 fully saturated rings. The number of methoxy groups -OCH3 is 1. The van der Waals surface area contributed by atoms with Crippen LogP contribution in [0.1, 0.15) is 13.8 Å². The molecule has 6 heteroatoms. The van der Waals surface area contributed by atoms with Crippen molar-refractivity contribution in [1.29, 1.82) is 0 Å². The molecule has 0 aliphatic carbocycles. The molecule has 1 aromatic carbocycles. The van der Waals surface area contributed by atoms with Crippen molar-refractivity contribution in [2.24, 2.45) is 0 Å². The third kappa shape index (κ3) is 3.05. The highest BCUT2D eigenvalue weighted by Gasteiger charge is 2.56. The van der Waals surface area contributed by atoms with E-state index in [1.165, 1.54) is 0 Å². The van der Waals surface area contributed by atoms with Crippen molar-refractivity contribution < 1.29 is 23.7 Å². The quantitative estimate of drug-likeness (QED) is 0.590. The highest BCUT2D eigenvalue weighted by molar-refractivity contribution is 6.05. The highest BCUT2D eigenvalue weighted by Crippen LogP contribution is 2.37. The summed E-state index contributed by atoms with van der Waals surface area (Å²) in [6.07, 6.45) is 0.846. The van der Waals surface area contributed by atoms with E-state index in [0.29, 0.717) is 13.2 Å². The molecule has 130 valence electrons. The normalized spacial score (nSPS) is 28.5. The third-order valence-corrected chi connectivity index (χ3v) is 4.24. The third-order valence-electron chi connectivity index (χ3n) is 4.24. The lowest BCUT2D eigenvalue weighted by atomic mass is 9.91. The maximum absolute atomic E-state index is 12.6. The minimum Gasteiger partial charge on any atom is -0.497 e. The van der Waals surface area contributed by atoms with Crippen LogP contribution in [-0.2, 0) is 19.0 Å². The zero-order valence-corrected chi connectivity index (χ0v) is 14.2. The van der Waals surface area contributed by atoms with Crippen molar-refractivity contribution in [3.8, 4) is 5.75 Å². The van der Waals surface area contributed by atoms with Crippen LogP contribution in [0.3, 0.4) is 0 Å². The summed E-state index contributed by atoms with van der Waals surface area (Å²) in [7, 11) is 1.61. The number of β-lactam (4-membered cyclic amide) rings is 1. The smallest absolute Gasteiger partial charge is 0.258 e. The Kier molecular flexibility index (Phi) is 4.62. The van der Waals surface area contributed by atoms with Gasteiger partial charge in [0, 0.05) is 5.69 Å². The average molecular weight is 333 g/mol. The molecular weight excluding hydrogens is 310 g/mol. The zero-order valence-electron chi connectivity index (χ0n) is 14.2. The summed E-state index contributed by atoms with van der Waals surface area (Å²) in [6, 6.07) is 7.14. The van der Waals surface area contributed by atoms with Crippen LogP contribution in [-0.4, -0.2) is 50.3 Å². The van der Waals surface area contributed by atoms with Crippen LogP contribution in [0, 0.1) is 0 Å². The number of rotatable bonds is 6. The van der Waals surface area contributed by atoms with Gasteiger partial charge in [0.05, 0.1) is 20.3 Å². The SMILES string of the molecule is C=CCO[C@H]1C(=O)N(c2ccc(OC)cc2)[C@H]1[C@H]1COC(C)(C)O1. The molecule has 2 saturated heterocycles. The number of nitrogens with zero attached hydrogens (tertiary/aromatic N) is 1. The van der Waals surface area contributed by atoms with E-state index in [1.54, 1.807) is 18.1 Å². The van der Waals surface area contributed by atoms with Crippen LogP contribution in [0.15, 0.2) is 36.9 Å². The predicted molar refractivity (Wildman–Crippen MR) is 89.1 cm³/mol.